The van der Waals surface area contributed by atoms with E-state index in [-0.39, 0.29) is 12.3 Å². The average molecular weight is 304 g/mol. The molecule has 0 bridgehead atoms. The zero-order valence-electron chi connectivity index (χ0n) is 12.5. The van der Waals surface area contributed by atoms with Crippen molar-refractivity contribution in [3.05, 3.63) is 30.5 Å². The van der Waals surface area contributed by atoms with Crippen molar-refractivity contribution in [3.8, 4) is 5.75 Å². The maximum Gasteiger partial charge on any atom is 0.303 e. The Kier molecular flexibility index (Phi) is 5.41. The Hall–Kier alpha value is -2.50. The smallest absolute Gasteiger partial charge is 0.303 e. The molecular weight excluding hydrogens is 284 g/mol. The van der Waals surface area contributed by atoms with Gasteiger partial charge in [0, 0.05) is 43.0 Å². The number of amides is 1. The minimum atomic E-state index is -0.844. The van der Waals surface area contributed by atoms with E-state index in [1.54, 1.807) is 7.11 Å². The zero-order valence-corrected chi connectivity index (χ0v) is 12.5. The molecule has 1 amide bonds. The lowest BCUT2D eigenvalue weighted by molar-refractivity contribution is -0.137. The monoisotopic (exact) mass is 304 g/mol. The highest BCUT2D eigenvalue weighted by Crippen LogP contribution is 2.21. The summed E-state index contributed by atoms with van der Waals surface area (Å²) in [5.74, 6) is -0.106. The number of fused-ring (bicyclic) bond motifs is 1. The number of benzene rings is 1. The summed E-state index contributed by atoms with van der Waals surface area (Å²) in [7, 11) is 1.63. The minimum absolute atomic E-state index is 0.0687. The molecule has 0 unspecified atom stereocenters. The maximum absolute atomic E-state index is 11.7. The van der Waals surface area contributed by atoms with E-state index in [0.717, 1.165) is 16.7 Å². The number of carboxylic acids is 1. The number of nitrogens with one attached hydrogen (secondary N) is 1. The van der Waals surface area contributed by atoms with E-state index >= 15 is 0 Å². The predicted molar refractivity (Wildman–Crippen MR) is 83.0 cm³/mol. The molecule has 2 N–H and O–H groups in total. The highest BCUT2D eigenvalue weighted by Gasteiger charge is 2.06. The van der Waals surface area contributed by atoms with Gasteiger partial charge in [-0.3, -0.25) is 9.59 Å². The highest BCUT2D eigenvalue weighted by atomic mass is 16.5. The molecule has 22 heavy (non-hydrogen) atoms. The molecule has 118 valence electrons. The van der Waals surface area contributed by atoms with Crippen molar-refractivity contribution in [1.29, 1.82) is 0 Å². The van der Waals surface area contributed by atoms with Crippen LogP contribution in [0.4, 0.5) is 0 Å². The van der Waals surface area contributed by atoms with Gasteiger partial charge in [-0.2, -0.15) is 0 Å². The second-order valence-electron chi connectivity index (χ2n) is 5.03. The number of hydrogen-bond acceptors (Lipinski definition) is 3. The lowest BCUT2D eigenvalue weighted by atomic mass is 10.2. The number of carbonyl (C=O) groups is 2. The molecule has 6 nitrogen and oxygen atoms in total. The summed E-state index contributed by atoms with van der Waals surface area (Å²) < 4.78 is 7.21. The first-order valence-corrected chi connectivity index (χ1v) is 7.21. The van der Waals surface area contributed by atoms with Gasteiger partial charge in [-0.15, -0.1) is 0 Å². The fourth-order valence-electron chi connectivity index (χ4n) is 2.28. The second kappa shape index (κ2) is 7.49. The molecule has 0 saturated heterocycles. The van der Waals surface area contributed by atoms with Crippen LogP contribution in [0.1, 0.15) is 19.3 Å². The van der Waals surface area contributed by atoms with E-state index in [4.69, 9.17) is 9.84 Å². The van der Waals surface area contributed by atoms with Crippen LogP contribution >= 0.6 is 0 Å². The van der Waals surface area contributed by atoms with E-state index < -0.39 is 5.97 Å². The average Bonchev–Trinajstić information content (AvgIpc) is 2.91. The van der Waals surface area contributed by atoms with Crippen molar-refractivity contribution in [2.24, 2.45) is 0 Å². The molecule has 0 spiro atoms. The Morgan fingerprint density at radius 2 is 2.09 bits per heavy atom. The first kappa shape index (κ1) is 15.9. The number of hydrogen-bond donors (Lipinski definition) is 2. The maximum atomic E-state index is 11.7. The van der Waals surface area contributed by atoms with E-state index in [1.165, 1.54) is 0 Å². The van der Waals surface area contributed by atoms with Gasteiger partial charge in [-0.25, -0.2) is 0 Å². The summed E-state index contributed by atoms with van der Waals surface area (Å²) in [6.07, 6.45) is 2.84. The molecule has 2 aromatic rings. The summed E-state index contributed by atoms with van der Waals surface area (Å²) in [5.41, 5.74) is 1.06. The van der Waals surface area contributed by atoms with Gasteiger partial charge >= 0.3 is 5.97 Å². The molecule has 6 heteroatoms. The lowest BCUT2D eigenvalue weighted by Crippen LogP contribution is -2.25. The quantitative estimate of drug-likeness (QED) is 0.731. The number of carboxylic acid groups (broad SMARTS) is 1. The van der Waals surface area contributed by atoms with Gasteiger partial charge in [-0.05, 0) is 30.7 Å². The second-order valence-corrected chi connectivity index (χ2v) is 5.03. The SMILES string of the molecule is COc1ccc2c(ccn2CCC(=O)NCCCC(=O)O)c1. The fraction of sp³-hybridized carbons (Fsp3) is 0.375. The topological polar surface area (TPSA) is 80.6 Å². The molecule has 0 aliphatic rings. The molecule has 0 fully saturated rings. The Labute approximate surface area is 128 Å². The number of aromatic nitrogens is 1. The highest BCUT2D eigenvalue weighted by molar-refractivity contribution is 5.82. The van der Waals surface area contributed by atoms with Crippen LogP contribution in [0.5, 0.6) is 5.75 Å². The minimum Gasteiger partial charge on any atom is -0.497 e. The Morgan fingerprint density at radius 3 is 2.82 bits per heavy atom. The number of methoxy groups -OCH3 is 1. The van der Waals surface area contributed by atoms with Crippen LogP contribution in [-0.2, 0) is 16.1 Å². The van der Waals surface area contributed by atoms with E-state index in [0.29, 0.717) is 25.9 Å². The summed E-state index contributed by atoms with van der Waals surface area (Å²) in [6.45, 7) is 0.981. The Morgan fingerprint density at radius 1 is 1.27 bits per heavy atom. The van der Waals surface area contributed by atoms with Crippen molar-refractivity contribution in [2.75, 3.05) is 13.7 Å². The third-order valence-electron chi connectivity index (χ3n) is 3.45. The van der Waals surface area contributed by atoms with E-state index in [9.17, 15) is 9.59 Å². The molecule has 1 heterocycles. The van der Waals surface area contributed by atoms with E-state index in [2.05, 4.69) is 5.32 Å². The first-order chi connectivity index (χ1) is 10.6. The Bertz CT molecular complexity index is 663. The number of aliphatic carboxylic acids is 1. The third kappa shape index (κ3) is 4.25. The molecule has 0 saturated carbocycles. The van der Waals surface area contributed by atoms with Gasteiger partial charge in [0.15, 0.2) is 0 Å². The third-order valence-corrected chi connectivity index (χ3v) is 3.45. The van der Waals surface area contributed by atoms with Gasteiger partial charge in [0.25, 0.3) is 0 Å². The molecule has 0 atom stereocenters. The van der Waals surface area contributed by atoms with Crippen molar-refractivity contribution in [1.82, 2.24) is 9.88 Å². The van der Waals surface area contributed by atoms with Crippen LogP contribution in [0.2, 0.25) is 0 Å². The normalized spacial score (nSPS) is 10.6. The van der Waals surface area contributed by atoms with Gasteiger partial charge in [-0.1, -0.05) is 0 Å². The number of aryl methyl sites for hydroxylation is 1. The van der Waals surface area contributed by atoms with E-state index in [1.807, 2.05) is 35.0 Å². The summed E-state index contributed by atoms with van der Waals surface area (Å²) in [6, 6.07) is 7.81. The molecule has 0 aliphatic heterocycles. The zero-order chi connectivity index (χ0) is 15.9. The number of nitrogens with zero attached hydrogens (tertiary/aromatic N) is 1. The van der Waals surface area contributed by atoms with Crippen LogP contribution in [0.25, 0.3) is 10.9 Å². The number of rotatable bonds is 8. The van der Waals surface area contributed by atoms with Gasteiger partial charge in [0.1, 0.15) is 5.75 Å². The predicted octanol–water partition coefficient (Wildman–Crippen LogP) is 2.02. The number of ether oxygens (including phenoxy) is 1. The van der Waals surface area contributed by atoms with Crippen LogP contribution in [0.15, 0.2) is 30.5 Å². The van der Waals surface area contributed by atoms with Crippen molar-refractivity contribution >= 4 is 22.8 Å². The molecule has 1 aromatic heterocycles. The lowest BCUT2D eigenvalue weighted by Gasteiger charge is -2.07. The van der Waals surface area contributed by atoms with Crippen molar-refractivity contribution < 1.29 is 19.4 Å². The van der Waals surface area contributed by atoms with Crippen molar-refractivity contribution in [3.63, 3.8) is 0 Å². The van der Waals surface area contributed by atoms with Crippen LogP contribution in [-0.4, -0.2) is 35.2 Å². The van der Waals surface area contributed by atoms with Crippen LogP contribution in [0.3, 0.4) is 0 Å². The first-order valence-electron chi connectivity index (χ1n) is 7.21. The standard InChI is InChI=1S/C16H20N2O4/c1-22-13-4-5-14-12(11-13)6-9-18(14)10-7-15(19)17-8-2-3-16(20)21/h4-6,9,11H,2-3,7-8,10H2,1H3,(H,17,19)(H,20,21). The van der Waals surface area contributed by atoms with Crippen LogP contribution in [0, 0.1) is 0 Å². The van der Waals surface area contributed by atoms with Gasteiger partial charge in [0.2, 0.25) is 5.91 Å². The number of carbonyl (C=O) groups excluding carboxylic acids is 1. The van der Waals surface area contributed by atoms with Gasteiger partial charge < -0.3 is 19.7 Å². The molecule has 2 rings (SSSR count). The van der Waals surface area contributed by atoms with Gasteiger partial charge in [0.05, 0.1) is 7.11 Å². The molecule has 0 aliphatic carbocycles. The largest absolute Gasteiger partial charge is 0.497 e. The Balaban J connectivity index is 1.84. The molecule has 1 aromatic carbocycles. The fourth-order valence-corrected chi connectivity index (χ4v) is 2.28. The summed E-state index contributed by atoms with van der Waals surface area (Å²) in [5, 5.41) is 12.3. The van der Waals surface area contributed by atoms with Crippen LogP contribution < -0.4 is 10.1 Å². The molecule has 0 radical (unpaired) electrons. The molecular formula is C16H20N2O4. The summed E-state index contributed by atoms with van der Waals surface area (Å²) in [4.78, 5) is 22.1. The van der Waals surface area contributed by atoms with Crippen molar-refractivity contribution in [2.45, 2.75) is 25.8 Å². The summed E-state index contributed by atoms with van der Waals surface area (Å²) >= 11 is 0.